The minimum Gasteiger partial charge on any atom is -0.396 e. The number of anilines is 1. The van der Waals surface area contributed by atoms with Crippen molar-refractivity contribution in [2.75, 3.05) is 37.9 Å². The molecule has 0 spiro atoms. The molecule has 1 unspecified atom stereocenters. The molecule has 1 fully saturated rings. The fourth-order valence-corrected chi connectivity index (χ4v) is 5.58. The normalized spacial score (nSPS) is 21.0. The number of fused-ring (bicyclic) bond motifs is 1. The number of nitrogens with one attached hydrogen (secondary N) is 1. The van der Waals surface area contributed by atoms with Gasteiger partial charge in [-0.25, -0.2) is 22.7 Å². The van der Waals surface area contributed by atoms with Crippen LogP contribution in [0.5, 0.6) is 0 Å². The van der Waals surface area contributed by atoms with Gasteiger partial charge in [-0.15, -0.1) is 0 Å². The molecular weight excluding hydrogens is 378 g/mol. The molecule has 8 nitrogen and oxygen atoms in total. The smallest absolute Gasteiger partial charge is 0.214 e. The van der Waals surface area contributed by atoms with Crippen LogP contribution in [0, 0.1) is 11.8 Å². The molecule has 2 N–H and O–H groups in total. The first kappa shape index (κ1) is 21.0. The second kappa shape index (κ2) is 8.75. The summed E-state index contributed by atoms with van der Waals surface area (Å²) in [5, 5.41) is 9.90. The average Bonchev–Trinajstić information content (AvgIpc) is 3.10. The first-order chi connectivity index (χ1) is 13.3. The molecule has 0 amide bonds. The number of hydrogen-bond donors (Lipinski definition) is 2. The van der Waals surface area contributed by atoms with Gasteiger partial charge in [0.25, 0.3) is 0 Å². The fourth-order valence-electron chi connectivity index (χ4n) is 3.97. The summed E-state index contributed by atoms with van der Waals surface area (Å²) < 4.78 is 26.8. The Bertz CT molecular complexity index is 879. The van der Waals surface area contributed by atoms with E-state index in [-0.39, 0.29) is 24.2 Å². The maximum atomic E-state index is 12.7. The van der Waals surface area contributed by atoms with Crippen LogP contribution >= 0.6 is 0 Å². The van der Waals surface area contributed by atoms with E-state index in [9.17, 15) is 8.42 Å². The zero-order valence-corrected chi connectivity index (χ0v) is 17.7. The Morgan fingerprint density at radius 1 is 1.32 bits per heavy atom. The predicted molar refractivity (Wildman–Crippen MR) is 111 cm³/mol. The van der Waals surface area contributed by atoms with Gasteiger partial charge in [-0.1, -0.05) is 6.92 Å². The number of aromatic amines is 1. The third-order valence-electron chi connectivity index (χ3n) is 5.77. The number of sulfonamides is 1. The van der Waals surface area contributed by atoms with Crippen molar-refractivity contribution in [2.45, 2.75) is 38.6 Å². The largest absolute Gasteiger partial charge is 0.396 e. The molecule has 2 aromatic heterocycles. The molecule has 0 aromatic carbocycles. The molecule has 1 saturated carbocycles. The van der Waals surface area contributed by atoms with Gasteiger partial charge in [0.05, 0.1) is 11.1 Å². The number of aliphatic hydroxyl groups excluding tert-OH is 1. The molecule has 9 heteroatoms. The fraction of sp³-hybridized carbons (Fsp3) is 0.684. The van der Waals surface area contributed by atoms with Crippen LogP contribution in [0.4, 0.5) is 5.82 Å². The van der Waals surface area contributed by atoms with Crippen LogP contribution in [0.3, 0.4) is 0 Å². The second-order valence-electron chi connectivity index (χ2n) is 8.07. The van der Waals surface area contributed by atoms with Crippen molar-refractivity contribution in [3.8, 4) is 0 Å². The summed E-state index contributed by atoms with van der Waals surface area (Å²) >= 11 is 0. The summed E-state index contributed by atoms with van der Waals surface area (Å²) in [5.41, 5.74) is 0.812. The van der Waals surface area contributed by atoms with Crippen molar-refractivity contribution in [1.29, 1.82) is 0 Å². The van der Waals surface area contributed by atoms with Crippen LogP contribution in [-0.4, -0.2) is 71.8 Å². The standard InChI is InChI=1S/C19H31N5O3S/c1-14(5-4-8-25)11-23(2)28(26,27)12-15-9-16(10-15)24(3)19-17-6-7-20-18(17)21-13-22-19/h6-7,13-16,25H,4-5,8-12H2,1-3H3,(H,20,21,22)/t14?,15-,16+. The van der Waals surface area contributed by atoms with Gasteiger partial charge >= 0.3 is 0 Å². The van der Waals surface area contributed by atoms with E-state index >= 15 is 0 Å². The molecule has 0 radical (unpaired) electrons. The van der Waals surface area contributed by atoms with Gasteiger partial charge in [0.2, 0.25) is 10.0 Å². The summed E-state index contributed by atoms with van der Waals surface area (Å²) in [6.45, 7) is 2.68. The lowest BCUT2D eigenvalue weighted by Gasteiger charge is -2.42. The first-order valence-corrected chi connectivity index (χ1v) is 11.5. The van der Waals surface area contributed by atoms with Crippen molar-refractivity contribution in [3.05, 3.63) is 18.6 Å². The van der Waals surface area contributed by atoms with Gasteiger partial charge in [-0.3, -0.25) is 0 Å². The number of H-pyrrole nitrogens is 1. The monoisotopic (exact) mass is 409 g/mol. The Morgan fingerprint density at radius 3 is 2.79 bits per heavy atom. The van der Waals surface area contributed by atoms with Crippen LogP contribution in [0.1, 0.15) is 32.6 Å². The van der Waals surface area contributed by atoms with E-state index in [0.29, 0.717) is 19.0 Å². The summed E-state index contributed by atoms with van der Waals surface area (Å²) in [6, 6.07) is 2.26. The SMILES string of the molecule is CC(CCCO)CN(C)S(=O)(=O)C[C@H]1C[C@@H](N(C)c2ncnc3[nH]ccc23)C1. The molecule has 156 valence electrons. The highest BCUT2D eigenvalue weighted by molar-refractivity contribution is 7.89. The number of aliphatic hydroxyl groups is 1. The molecule has 1 aliphatic carbocycles. The Hall–Kier alpha value is -1.71. The van der Waals surface area contributed by atoms with E-state index in [1.54, 1.807) is 13.4 Å². The van der Waals surface area contributed by atoms with E-state index in [0.717, 1.165) is 36.1 Å². The van der Waals surface area contributed by atoms with E-state index in [1.165, 1.54) is 4.31 Å². The Labute approximate surface area is 167 Å². The molecule has 2 heterocycles. The van der Waals surface area contributed by atoms with Crippen molar-refractivity contribution >= 4 is 26.9 Å². The second-order valence-corrected chi connectivity index (χ2v) is 10.2. The summed E-state index contributed by atoms with van der Waals surface area (Å²) in [5.74, 6) is 1.50. The van der Waals surface area contributed by atoms with Crippen LogP contribution in [0.15, 0.2) is 18.6 Å². The van der Waals surface area contributed by atoms with Crippen molar-refractivity contribution in [3.63, 3.8) is 0 Å². The maximum absolute atomic E-state index is 12.7. The molecule has 3 rings (SSSR count). The minimum atomic E-state index is -3.26. The predicted octanol–water partition coefficient (Wildman–Crippen LogP) is 1.84. The Kier molecular flexibility index (Phi) is 6.57. The van der Waals surface area contributed by atoms with Gasteiger partial charge in [0.1, 0.15) is 17.8 Å². The average molecular weight is 410 g/mol. The van der Waals surface area contributed by atoms with E-state index in [4.69, 9.17) is 5.11 Å². The van der Waals surface area contributed by atoms with Gasteiger partial charge in [0.15, 0.2) is 0 Å². The van der Waals surface area contributed by atoms with Crippen molar-refractivity contribution < 1.29 is 13.5 Å². The van der Waals surface area contributed by atoms with E-state index in [2.05, 4.69) is 19.9 Å². The summed E-state index contributed by atoms with van der Waals surface area (Å²) in [4.78, 5) is 13.9. The van der Waals surface area contributed by atoms with Gasteiger partial charge in [0, 0.05) is 39.5 Å². The molecule has 0 bridgehead atoms. The van der Waals surface area contributed by atoms with Crippen molar-refractivity contribution in [2.24, 2.45) is 11.8 Å². The summed E-state index contributed by atoms with van der Waals surface area (Å²) in [6.07, 6.45) is 6.64. The topological polar surface area (TPSA) is 102 Å². The van der Waals surface area contributed by atoms with Crippen LogP contribution in [0.25, 0.3) is 11.0 Å². The molecule has 1 atom stereocenters. The number of hydrogen-bond acceptors (Lipinski definition) is 6. The lowest BCUT2D eigenvalue weighted by molar-refractivity contribution is 0.264. The van der Waals surface area contributed by atoms with Crippen LogP contribution in [-0.2, 0) is 10.0 Å². The minimum absolute atomic E-state index is 0.152. The summed E-state index contributed by atoms with van der Waals surface area (Å²) in [7, 11) is 0.418. The molecular formula is C19H31N5O3S. The molecule has 2 aromatic rings. The zero-order valence-electron chi connectivity index (χ0n) is 16.9. The van der Waals surface area contributed by atoms with E-state index < -0.39 is 10.0 Å². The van der Waals surface area contributed by atoms with Crippen molar-refractivity contribution in [1.82, 2.24) is 19.3 Å². The van der Waals surface area contributed by atoms with Crippen LogP contribution < -0.4 is 4.90 Å². The number of aromatic nitrogens is 3. The lowest BCUT2D eigenvalue weighted by atomic mass is 9.81. The Morgan fingerprint density at radius 2 is 2.07 bits per heavy atom. The Balaban J connectivity index is 1.52. The molecule has 1 aliphatic rings. The van der Waals surface area contributed by atoms with Gasteiger partial charge in [-0.05, 0) is 43.6 Å². The zero-order chi connectivity index (χ0) is 20.3. The number of nitrogens with zero attached hydrogens (tertiary/aromatic N) is 4. The molecule has 0 aliphatic heterocycles. The lowest BCUT2D eigenvalue weighted by Crippen LogP contribution is -2.47. The highest BCUT2D eigenvalue weighted by Crippen LogP contribution is 2.36. The molecule has 0 saturated heterocycles. The number of rotatable bonds is 10. The first-order valence-electron chi connectivity index (χ1n) is 9.87. The highest BCUT2D eigenvalue weighted by atomic mass is 32.2. The van der Waals surface area contributed by atoms with Crippen LogP contribution in [0.2, 0.25) is 0 Å². The van der Waals surface area contributed by atoms with Gasteiger partial charge in [-0.2, -0.15) is 0 Å². The third-order valence-corrected chi connectivity index (χ3v) is 7.76. The quantitative estimate of drug-likeness (QED) is 0.621. The third kappa shape index (κ3) is 4.64. The highest BCUT2D eigenvalue weighted by Gasteiger charge is 2.37. The van der Waals surface area contributed by atoms with E-state index in [1.807, 2.05) is 26.2 Å². The molecule has 28 heavy (non-hydrogen) atoms. The maximum Gasteiger partial charge on any atom is 0.214 e. The van der Waals surface area contributed by atoms with Gasteiger partial charge < -0.3 is 15.0 Å².